The Labute approximate surface area is 166 Å². The SMILES string of the molecule is CC(=O)N1CCC(NC(=O)CN2CCN(Cc3ccc(C#N)cc3)CC2)CC1. The number of nitrogens with zero attached hydrogens (tertiary/aromatic N) is 4. The van der Waals surface area contributed by atoms with Gasteiger partial charge in [-0.25, -0.2) is 0 Å². The van der Waals surface area contributed by atoms with Gasteiger partial charge in [-0.2, -0.15) is 5.26 Å². The molecule has 7 nitrogen and oxygen atoms in total. The lowest BCUT2D eigenvalue weighted by atomic mass is 10.1. The number of nitriles is 1. The van der Waals surface area contributed by atoms with Crippen LogP contribution in [0.15, 0.2) is 24.3 Å². The Morgan fingerprint density at radius 3 is 2.21 bits per heavy atom. The molecular weight excluding hydrogens is 354 g/mol. The topological polar surface area (TPSA) is 79.7 Å². The van der Waals surface area contributed by atoms with Gasteiger partial charge in [0.1, 0.15) is 0 Å². The molecule has 2 amide bonds. The third-order valence-electron chi connectivity index (χ3n) is 5.63. The monoisotopic (exact) mass is 383 g/mol. The lowest BCUT2D eigenvalue weighted by Gasteiger charge is -2.35. The standard InChI is InChI=1S/C21H29N5O2/c1-17(27)26-8-6-20(7-9-26)23-21(28)16-25-12-10-24(11-13-25)15-19-4-2-18(14-22)3-5-19/h2-5,20H,6-13,15-16H2,1H3,(H,23,28). The van der Waals surface area contributed by atoms with Crippen LogP contribution >= 0.6 is 0 Å². The van der Waals surface area contributed by atoms with Crippen molar-refractivity contribution in [3.05, 3.63) is 35.4 Å². The molecule has 0 aromatic heterocycles. The second-order valence-electron chi connectivity index (χ2n) is 7.71. The molecule has 28 heavy (non-hydrogen) atoms. The van der Waals surface area contributed by atoms with E-state index >= 15 is 0 Å². The predicted octanol–water partition coefficient (Wildman–Crippen LogP) is 0.803. The van der Waals surface area contributed by atoms with Gasteiger partial charge in [-0.3, -0.25) is 19.4 Å². The number of piperazine rings is 1. The van der Waals surface area contributed by atoms with Gasteiger partial charge in [0.2, 0.25) is 11.8 Å². The normalized spacial score (nSPS) is 19.2. The first-order valence-electron chi connectivity index (χ1n) is 10.0. The lowest BCUT2D eigenvalue weighted by molar-refractivity contribution is -0.130. The van der Waals surface area contributed by atoms with Crippen LogP contribution in [-0.2, 0) is 16.1 Å². The summed E-state index contributed by atoms with van der Waals surface area (Å²) < 4.78 is 0. The van der Waals surface area contributed by atoms with E-state index in [1.165, 1.54) is 5.56 Å². The van der Waals surface area contributed by atoms with Crippen LogP contribution in [0.2, 0.25) is 0 Å². The van der Waals surface area contributed by atoms with E-state index in [9.17, 15) is 9.59 Å². The largest absolute Gasteiger partial charge is 0.352 e. The predicted molar refractivity (Wildman–Crippen MR) is 106 cm³/mol. The van der Waals surface area contributed by atoms with Gasteiger partial charge in [-0.15, -0.1) is 0 Å². The number of likely N-dealkylation sites (tertiary alicyclic amines) is 1. The molecule has 2 heterocycles. The van der Waals surface area contributed by atoms with Gasteiger partial charge >= 0.3 is 0 Å². The molecule has 2 aliphatic rings. The highest BCUT2D eigenvalue weighted by atomic mass is 16.2. The Kier molecular flexibility index (Phi) is 7.01. The number of hydrogen-bond donors (Lipinski definition) is 1. The summed E-state index contributed by atoms with van der Waals surface area (Å²) in [6.45, 7) is 8.01. The van der Waals surface area contributed by atoms with Crippen molar-refractivity contribution in [3.63, 3.8) is 0 Å². The van der Waals surface area contributed by atoms with Gasteiger partial charge in [0.25, 0.3) is 0 Å². The summed E-state index contributed by atoms with van der Waals surface area (Å²) in [5.41, 5.74) is 1.90. The molecule has 0 aliphatic carbocycles. The zero-order valence-electron chi connectivity index (χ0n) is 16.6. The molecule has 0 spiro atoms. The molecule has 0 radical (unpaired) electrons. The Bertz CT molecular complexity index is 711. The summed E-state index contributed by atoms with van der Waals surface area (Å²) in [4.78, 5) is 30.2. The molecule has 1 aromatic carbocycles. The van der Waals surface area contributed by atoms with Gasteiger partial charge < -0.3 is 10.2 Å². The van der Waals surface area contributed by atoms with E-state index in [4.69, 9.17) is 5.26 Å². The quantitative estimate of drug-likeness (QED) is 0.814. The van der Waals surface area contributed by atoms with Crippen molar-refractivity contribution in [3.8, 4) is 6.07 Å². The van der Waals surface area contributed by atoms with E-state index in [2.05, 4.69) is 21.2 Å². The van der Waals surface area contributed by atoms with Gasteiger partial charge in [0.05, 0.1) is 18.2 Å². The van der Waals surface area contributed by atoms with E-state index in [0.717, 1.165) is 58.7 Å². The second kappa shape index (κ2) is 9.67. The number of rotatable bonds is 5. The molecule has 1 aromatic rings. The van der Waals surface area contributed by atoms with Crippen LogP contribution in [0.3, 0.4) is 0 Å². The first kappa shape index (κ1) is 20.3. The van der Waals surface area contributed by atoms with Gasteiger partial charge in [-0.1, -0.05) is 12.1 Å². The summed E-state index contributed by atoms with van der Waals surface area (Å²) in [5, 5.41) is 12.0. The van der Waals surface area contributed by atoms with Crippen LogP contribution in [0, 0.1) is 11.3 Å². The zero-order valence-corrected chi connectivity index (χ0v) is 16.6. The molecular formula is C21H29N5O2. The van der Waals surface area contributed by atoms with Crippen molar-refractivity contribution < 1.29 is 9.59 Å². The highest BCUT2D eigenvalue weighted by molar-refractivity contribution is 5.78. The van der Waals surface area contributed by atoms with Crippen LogP contribution in [0.25, 0.3) is 0 Å². The summed E-state index contributed by atoms with van der Waals surface area (Å²) >= 11 is 0. The lowest BCUT2D eigenvalue weighted by Crippen LogP contribution is -2.51. The summed E-state index contributed by atoms with van der Waals surface area (Å²) in [7, 11) is 0. The fourth-order valence-electron chi connectivity index (χ4n) is 3.86. The van der Waals surface area contributed by atoms with Crippen LogP contribution in [0.4, 0.5) is 0 Å². The first-order valence-corrected chi connectivity index (χ1v) is 10.0. The maximum Gasteiger partial charge on any atom is 0.234 e. The fourth-order valence-corrected chi connectivity index (χ4v) is 3.86. The van der Waals surface area contributed by atoms with Crippen molar-refractivity contribution >= 4 is 11.8 Å². The molecule has 0 atom stereocenters. The number of carbonyl (C=O) groups is 2. The van der Waals surface area contributed by atoms with E-state index < -0.39 is 0 Å². The maximum absolute atomic E-state index is 12.4. The van der Waals surface area contributed by atoms with Crippen molar-refractivity contribution in [1.29, 1.82) is 5.26 Å². The fraction of sp³-hybridized carbons (Fsp3) is 0.571. The molecule has 1 N–H and O–H groups in total. The molecule has 3 rings (SSSR count). The molecule has 0 bridgehead atoms. The summed E-state index contributed by atoms with van der Waals surface area (Å²) in [6.07, 6.45) is 1.67. The number of hydrogen-bond acceptors (Lipinski definition) is 5. The van der Waals surface area contributed by atoms with E-state index in [1.807, 2.05) is 29.2 Å². The Hall–Kier alpha value is -2.43. The van der Waals surface area contributed by atoms with E-state index in [0.29, 0.717) is 12.1 Å². The van der Waals surface area contributed by atoms with Crippen LogP contribution in [0.1, 0.15) is 30.9 Å². The van der Waals surface area contributed by atoms with Gasteiger partial charge in [-0.05, 0) is 30.5 Å². The molecule has 2 fully saturated rings. The molecule has 2 saturated heterocycles. The number of benzene rings is 1. The molecule has 150 valence electrons. The third kappa shape index (κ3) is 5.78. The number of piperidine rings is 1. The van der Waals surface area contributed by atoms with Crippen molar-refractivity contribution in [2.45, 2.75) is 32.4 Å². The van der Waals surface area contributed by atoms with E-state index in [-0.39, 0.29) is 17.9 Å². The maximum atomic E-state index is 12.4. The molecule has 0 unspecified atom stereocenters. The first-order chi connectivity index (χ1) is 13.5. The minimum absolute atomic E-state index is 0.0850. The highest BCUT2D eigenvalue weighted by Gasteiger charge is 2.24. The molecule has 2 aliphatic heterocycles. The van der Waals surface area contributed by atoms with Crippen LogP contribution in [-0.4, -0.2) is 78.4 Å². The Balaban J connectivity index is 1.35. The zero-order chi connectivity index (χ0) is 19.9. The van der Waals surface area contributed by atoms with Crippen molar-refractivity contribution in [2.24, 2.45) is 0 Å². The highest BCUT2D eigenvalue weighted by Crippen LogP contribution is 2.12. The molecule has 7 heteroatoms. The molecule has 0 saturated carbocycles. The Morgan fingerprint density at radius 2 is 1.64 bits per heavy atom. The van der Waals surface area contributed by atoms with Crippen molar-refractivity contribution in [1.82, 2.24) is 20.0 Å². The van der Waals surface area contributed by atoms with Crippen molar-refractivity contribution in [2.75, 3.05) is 45.8 Å². The van der Waals surface area contributed by atoms with Gasteiger partial charge in [0, 0.05) is 58.8 Å². The summed E-state index contributed by atoms with van der Waals surface area (Å²) in [5.74, 6) is 0.200. The smallest absolute Gasteiger partial charge is 0.234 e. The van der Waals surface area contributed by atoms with E-state index in [1.54, 1.807) is 6.92 Å². The Morgan fingerprint density at radius 1 is 1.04 bits per heavy atom. The summed E-state index contributed by atoms with van der Waals surface area (Å²) in [6, 6.07) is 10.1. The second-order valence-corrected chi connectivity index (χ2v) is 7.71. The van der Waals surface area contributed by atoms with Crippen LogP contribution < -0.4 is 5.32 Å². The average molecular weight is 383 g/mol. The minimum atomic E-state index is 0.0850. The number of carbonyl (C=O) groups excluding carboxylic acids is 2. The minimum Gasteiger partial charge on any atom is -0.352 e. The average Bonchev–Trinajstić information content (AvgIpc) is 2.70. The third-order valence-corrected chi connectivity index (χ3v) is 5.63. The number of nitrogens with one attached hydrogen (secondary N) is 1. The van der Waals surface area contributed by atoms with Crippen LogP contribution in [0.5, 0.6) is 0 Å². The number of amides is 2. The van der Waals surface area contributed by atoms with Gasteiger partial charge in [0.15, 0.2) is 0 Å².